The summed E-state index contributed by atoms with van der Waals surface area (Å²) >= 11 is 0. The van der Waals surface area contributed by atoms with Gasteiger partial charge in [-0.2, -0.15) is 0 Å². The normalized spacial score (nSPS) is 24.4. The zero-order valence-corrected chi connectivity index (χ0v) is 40.0. The maximum Gasteiger partial charge on any atom is 0.412 e. The molecule has 1 aliphatic heterocycles. The van der Waals surface area contributed by atoms with Crippen LogP contribution < -0.4 is 14.8 Å². The Balaban J connectivity index is 1.51. The molecular weight excluding hydrogens is 807 g/mol. The first-order chi connectivity index (χ1) is 31.3. The molecule has 5 rings (SSSR count). The number of aliphatic hydroxyl groups excluding tert-OH is 2. The van der Waals surface area contributed by atoms with E-state index in [1.807, 2.05) is 24.0 Å². The highest BCUT2D eigenvalue weighted by Gasteiger charge is 2.65. The summed E-state index contributed by atoms with van der Waals surface area (Å²) in [6, 6.07) is 5.17. The maximum atomic E-state index is 14.7. The van der Waals surface area contributed by atoms with E-state index in [2.05, 4.69) is 31.8 Å². The van der Waals surface area contributed by atoms with Crippen molar-refractivity contribution in [3.63, 3.8) is 0 Å². The van der Waals surface area contributed by atoms with Crippen molar-refractivity contribution in [1.29, 1.82) is 0 Å². The molecular formula is C53H85N3O8. The molecule has 11 nitrogen and oxygen atoms in total. The summed E-state index contributed by atoms with van der Waals surface area (Å²) in [4.78, 5) is 35.9. The number of benzene rings is 1. The highest BCUT2D eigenvalue weighted by molar-refractivity contribution is 6.03. The van der Waals surface area contributed by atoms with Crippen molar-refractivity contribution in [2.24, 2.45) is 28.8 Å². The number of hydrogen-bond acceptors (Lipinski definition) is 9. The Hall–Kier alpha value is -3.41. The van der Waals surface area contributed by atoms with Crippen molar-refractivity contribution in [1.82, 2.24) is 10.2 Å². The van der Waals surface area contributed by atoms with Crippen molar-refractivity contribution in [3.8, 4) is 11.5 Å². The fourth-order valence-electron chi connectivity index (χ4n) is 11.3. The van der Waals surface area contributed by atoms with Gasteiger partial charge in [0.2, 0.25) is 11.7 Å². The van der Waals surface area contributed by atoms with Gasteiger partial charge in [-0.05, 0) is 93.4 Å². The number of allylic oxidation sites excluding steroid dienone is 1. The number of rotatable bonds is 31. The molecule has 1 aromatic carbocycles. The van der Waals surface area contributed by atoms with Crippen LogP contribution in [0.3, 0.4) is 0 Å². The predicted octanol–water partition coefficient (Wildman–Crippen LogP) is 11.6. The first-order valence-corrected chi connectivity index (χ1v) is 25.8. The van der Waals surface area contributed by atoms with Crippen LogP contribution in [0.25, 0.3) is 0 Å². The number of hydrogen-bond donors (Lipinski definition) is 3. The molecule has 3 N–H and O–H groups in total. The number of oxime groups is 1. The molecule has 11 heteroatoms. The van der Waals surface area contributed by atoms with Gasteiger partial charge in [0.15, 0.2) is 0 Å². The lowest BCUT2D eigenvalue weighted by atomic mass is 9.55. The molecule has 2 amide bonds. The Kier molecular flexibility index (Phi) is 22.5. The Bertz CT molecular complexity index is 1630. The van der Waals surface area contributed by atoms with Crippen LogP contribution in [0.4, 0.5) is 4.79 Å². The summed E-state index contributed by atoms with van der Waals surface area (Å²) in [6.07, 6.45) is 28.0. The number of ether oxygens (including phenoxy) is 3. The second kappa shape index (κ2) is 27.9. The minimum Gasteiger partial charge on any atom is -0.459 e. The topological polar surface area (TPSA) is 139 Å². The lowest BCUT2D eigenvalue weighted by molar-refractivity contribution is -0.257. The van der Waals surface area contributed by atoms with Gasteiger partial charge >= 0.3 is 6.09 Å². The third-order valence-corrected chi connectivity index (χ3v) is 14.4. The van der Waals surface area contributed by atoms with E-state index in [9.17, 15) is 19.8 Å². The average Bonchev–Trinajstić information content (AvgIpc) is 3.83. The number of nitrogens with one attached hydrogen (secondary N) is 1. The first-order valence-electron chi connectivity index (χ1n) is 25.8. The standard InChI is InChI=1S/C53H85N3O8/c1-5-9-10-11-12-13-14-15-16-21-32-54-52(60)63-42-29-30-47-45(38-42)50-43(27-20-23-35-58)41(26-19-22-34-57)37-44-46(55-62-8-4)39-48(53(64-47,51(44)50)61-36-7-3)56(33-6-2)49(59)31-28-40-24-17-18-25-40/h7,29-30,37-38,40-41,43,48,50-51,57-58H,3,5-6,8-28,31-36,39H2,1-2,4H3,(H,54,60)/t41-,43+,48-,50+,51+,53+/m0/s1. The molecule has 6 atom stereocenters. The molecule has 1 aromatic rings. The molecule has 4 aliphatic rings. The number of aliphatic hydroxyl groups is 2. The zero-order valence-electron chi connectivity index (χ0n) is 40.0. The van der Waals surface area contributed by atoms with Gasteiger partial charge in [-0.15, -0.1) is 6.58 Å². The number of carbonyl (C=O) groups is 2. The lowest BCUT2D eigenvalue weighted by Gasteiger charge is -2.60. The van der Waals surface area contributed by atoms with Crippen LogP contribution >= 0.6 is 0 Å². The summed E-state index contributed by atoms with van der Waals surface area (Å²) < 4.78 is 20.5. The summed E-state index contributed by atoms with van der Waals surface area (Å²) in [5, 5.41) is 27.7. The Labute approximate surface area is 386 Å². The lowest BCUT2D eigenvalue weighted by Crippen LogP contribution is -2.70. The Morgan fingerprint density at radius 2 is 1.61 bits per heavy atom. The molecule has 360 valence electrons. The van der Waals surface area contributed by atoms with E-state index in [1.165, 1.54) is 77.0 Å². The molecule has 0 unspecified atom stereocenters. The Morgan fingerprint density at radius 3 is 2.28 bits per heavy atom. The first kappa shape index (κ1) is 51.6. The number of unbranched alkanes of at least 4 members (excludes halogenated alkanes) is 11. The largest absolute Gasteiger partial charge is 0.459 e. The second-order valence-corrected chi connectivity index (χ2v) is 19.0. The molecule has 2 saturated carbocycles. The molecule has 0 spiro atoms. The van der Waals surface area contributed by atoms with Gasteiger partial charge in [-0.1, -0.05) is 127 Å². The number of fused-ring (bicyclic) bond motifs is 2. The van der Waals surface area contributed by atoms with E-state index in [0.29, 0.717) is 62.8 Å². The van der Waals surface area contributed by atoms with Crippen LogP contribution in [-0.2, 0) is 14.4 Å². The monoisotopic (exact) mass is 892 g/mol. The summed E-state index contributed by atoms with van der Waals surface area (Å²) in [7, 11) is 0. The van der Waals surface area contributed by atoms with Crippen LogP contribution in [-0.4, -0.2) is 84.2 Å². The van der Waals surface area contributed by atoms with Crippen molar-refractivity contribution >= 4 is 17.7 Å². The van der Waals surface area contributed by atoms with E-state index in [4.69, 9.17) is 24.2 Å². The van der Waals surface area contributed by atoms with Crippen LogP contribution in [0.5, 0.6) is 11.5 Å². The van der Waals surface area contributed by atoms with Gasteiger partial charge in [-0.25, -0.2) is 4.79 Å². The smallest absolute Gasteiger partial charge is 0.412 e. The maximum absolute atomic E-state index is 14.7. The second-order valence-electron chi connectivity index (χ2n) is 19.0. The van der Waals surface area contributed by atoms with E-state index in [1.54, 1.807) is 12.1 Å². The molecule has 2 fully saturated rings. The van der Waals surface area contributed by atoms with Crippen molar-refractivity contribution in [2.75, 3.05) is 39.5 Å². The molecule has 3 aliphatic carbocycles. The van der Waals surface area contributed by atoms with Gasteiger partial charge in [0.1, 0.15) is 24.1 Å². The van der Waals surface area contributed by atoms with Crippen LogP contribution in [0.15, 0.2) is 47.7 Å². The quantitative estimate of drug-likeness (QED) is 0.0380. The van der Waals surface area contributed by atoms with Crippen molar-refractivity contribution in [3.05, 3.63) is 48.1 Å². The SMILES string of the molecule is C=CCO[C@@]12Oc3ccc(OC(=O)NCCCCCCCCCCCC)cc3[C@H]3[C@H](CCCCO)[C@@H](CCCCO)C=C(C(=NOCC)C[C@@H]1N(CCC)C(=O)CCC1CCCC1)[C@H]32. The van der Waals surface area contributed by atoms with E-state index < -0.39 is 23.8 Å². The minimum atomic E-state index is -1.29. The van der Waals surface area contributed by atoms with Gasteiger partial charge < -0.3 is 39.5 Å². The summed E-state index contributed by atoms with van der Waals surface area (Å²) in [6.45, 7) is 12.3. The molecule has 0 radical (unpaired) electrons. The fourth-order valence-corrected chi connectivity index (χ4v) is 11.3. The van der Waals surface area contributed by atoms with Gasteiger partial charge in [0.25, 0.3) is 0 Å². The number of carbonyl (C=O) groups excluding carboxylic acids is 2. The number of nitrogens with zero attached hydrogens (tertiary/aromatic N) is 2. The molecule has 0 aromatic heterocycles. The van der Waals surface area contributed by atoms with Crippen molar-refractivity contribution in [2.45, 2.75) is 193 Å². The molecule has 1 heterocycles. The van der Waals surface area contributed by atoms with Gasteiger partial charge in [-0.3, -0.25) is 4.79 Å². The van der Waals surface area contributed by atoms with E-state index >= 15 is 0 Å². The third-order valence-electron chi connectivity index (χ3n) is 14.4. The third kappa shape index (κ3) is 14.1. The minimum absolute atomic E-state index is 0.0820. The number of amides is 2. The average molecular weight is 892 g/mol. The predicted molar refractivity (Wildman–Crippen MR) is 256 cm³/mol. The highest BCUT2D eigenvalue weighted by atomic mass is 16.7. The molecule has 0 bridgehead atoms. The Morgan fingerprint density at radius 1 is 0.906 bits per heavy atom. The molecule has 0 saturated heterocycles. The van der Waals surface area contributed by atoms with Gasteiger partial charge in [0, 0.05) is 50.6 Å². The fraction of sp³-hybridized carbons (Fsp3) is 0.755. The van der Waals surface area contributed by atoms with Crippen LogP contribution in [0.1, 0.15) is 186 Å². The molecule has 64 heavy (non-hydrogen) atoms. The van der Waals surface area contributed by atoms with E-state index in [-0.39, 0.29) is 43.5 Å². The summed E-state index contributed by atoms with van der Waals surface area (Å²) in [5.74, 6) is 0.104. The van der Waals surface area contributed by atoms with E-state index in [0.717, 1.165) is 68.2 Å². The van der Waals surface area contributed by atoms with Crippen LogP contribution in [0.2, 0.25) is 0 Å². The zero-order chi connectivity index (χ0) is 45.6. The van der Waals surface area contributed by atoms with Crippen LogP contribution in [0, 0.1) is 23.7 Å². The van der Waals surface area contributed by atoms with Gasteiger partial charge in [0.05, 0.1) is 18.2 Å². The highest BCUT2D eigenvalue weighted by Crippen LogP contribution is 2.62. The summed E-state index contributed by atoms with van der Waals surface area (Å²) in [5.41, 5.74) is 2.74. The van der Waals surface area contributed by atoms with Crippen molar-refractivity contribution < 1.29 is 38.9 Å².